The van der Waals surface area contributed by atoms with E-state index >= 15 is 0 Å². The zero-order chi connectivity index (χ0) is 18.7. The molecule has 1 amide bonds. The average Bonchev–Trinajstić information content (AvgIpc) is 2.97. The Morgan fingerprint density at radius 2 is 1.92 bits per heavy atom. The SMILES string of the molecule is Cc1c(Cl)cccc1NCC(=O)N(c1ccccc1)[C@H]1CCS(=O)(=O)C1. The first-order chi connectivity index (χ1) is 12.4. The molecule has 1 heterocycles. The number of carbonyl (C=O) groups is 1. The number of benzene rings is 2. The van der Waals surface area contributed by atoms with Crippen LogP contribution in [0.15, 0.2) is 48.5 Å². The van der Waals surface area contributed by atoms with Crippen LogP contribution < -0.4 is 10.2 Å². The summed E-state index contributed by atoms with van der Waals surface area (Å²) in [5.74, 6) is -0.0449. The van der Waals surface area contributed by atoms with Crippen molar-refractivity contribution in [3.05, 3.63) is 59.1 Å². The third kappa shape index (κ3) is 4.19. The van der Waals surface area contributed by atoms with Gasteiger partial charge in [0.2, 0.25) is 5.91 Å². The number of hydrogen-bond acceptors (Lipinski definition) is 4. The van der Waals surface area contributed by atoms with Crippen molar-refractivity contribution in [2.75, 3.05) is 28.3 Å². The fourth-order valence-electron chi connectivity index (χ4n) is 3.18. The molecule has 7 heteroatoms. The minimum atomic E-state index is -3.09. The van der Waals surface area contributed by atoms with Gasteiger partial charge in [-0.25, -0.2) is 8.42 Å². The summed E-state index contributed by atoms with van der Waals surface area (Å²) >= 11 is 6.12. The molecule has 5 nitrogen and oxygen atoms in total. The highest BCUT2D eigenvalue weighted by Gasteiger charge is 2.35. The highest BCUT2D eigenvalue weighted by molar-refractivity contribution is 7.91. The van der Waals surface area contributed by atoms with Gasteiger partial charge in [-0.15, -0.1) is 0 Å². The molecule has 0 bridgehead atoms. The van der Waals surface area contributed by atoms with E-state index < -0.39 is 9.84 Å². The number of carbonyl (C=O) groups excluding carboxylic acids is 1. The molecule has 1 atom stereocenters. The van der Waals surface area contributed by atoms with Crippen LogP contribution in [0.4, 0.5) is 11.4 Å². The summed E-state index contributed by atoms with van der Waals surface area (Å²) in [5, 5.41) is 3.75. The third-order valence-corrected chi connectivity index (χ3v) is 6.73. The van der Waals surface area contributed by atoms with Crippen LogP contribution in [0, 0.1) is 6.92 Å². The van der Waals surface area contributed by atoms with Crippen LogP contribution >= 0.6 is 11.6 Å². The van der Waals surface area contributed by atoms with Crippen molar-refractivity contribution in [2.45, 2.75) is 19.4 Å². The van der Waals surface area contributed by atoms with Gasteiger partial charge in [0.1, 0.15) is 0 Å². The maximum atomic E-state index is 12.9. The number of para-hydroxylation sites is 1. The second-order valence-electron chi connectivity index (χ2n) is 6.42. The van der Waals surface area contributed by atoms with Crippen molar-refractivity contribution in [3.63, 3.8) is 0 Å². The summed E-state index contributed by atoms with van der Waals surface area (Å²) in [5.41, 5.74) is 2.37. The van der Waals surface area contributed by atoms with Gasteiger partial charge in [0.15, 0.2) is 9.84 Å². The predicted molar refractivity (Wildman–Crippen MR) is 106 cm³/mol. The van der Waals surface area contributed by atoms with Gasteiger partial charge < -0.3 is 10.2 Å². The first kappa shape index (κ1) is 18.7. The number of amides is 1. The number of rotatable bonds is 5. The minimum Gasteiger partial charge on any atom is -0.376 e. The van der Waals surface area contributed by atoms with Crippen molar-refractivity contribution < 1.29 is 13.2 Å². The van der Waals surface area contributed by atoms with Gasteiger partial charge in [-0.1, -0.05) is 35.9 Å². The maximum Gasteiger partial charge on any atom is 0.246 e. The number of sulfone groups is 1. The van der Waals surface area contributed by atoms with Gasteiger partial charge in [-0.05, 0) is 43.2 Å². The summed E-state index contributed by atoms with van der Waals surface area (Å²) in [6.07, 6.45) is 0.458. The number of nitrogens with zero attached hydrogens (tertiary/aromatic N) is 1. The molecule has 0 radical (unpaired) electrons. The second kappa shape index (κ2) is 7.68. The molecule has 1 fully saturated rings. The molecule has 26 heavy (non-hydrogen) atoms. The van der Waals surface area contributed by atoms with Crippen LogP contribution in [0.2, 0.25) is 5.02 Å². The quantitative estimate of drug-likeness (QED) is 0.847. The van der Waals surface area contributed by atoms with E-state index in [0.29, 0.717) is 17.1 Å². The van der Waals surface area contributed by atoms with Crippen LogP contribution in [0.5, 0.6) is 0 Å². The molecule has 0 aliphatic carbocycles. The van der Waals surface area contributed by atoms with Gasteiger partial charge in [0, 0.05) is 16.4 Å². The Hall–Kier alpha value is -2.05. The van der Waals surface area contributed by atoms with E-state index in [1.54, 1.807) is 11.0 Å². The number of halogens is 1. The van der Waals surface area contributed by atoms with Crippen LogP contribution in [0.25, 0.3) is 0 Å². The molecule has 0 aromatic heterocycles. The van der Waals surface area contributed by atoms with E-state index in [2.05, 4.69) is 5.32 Å². The molecular weight excluding hydrogens is 372 g/mol. The maximum absolute atomic E-state index is 12.9. The van der Waals surface area contributed by atoms with E-state index in [1.165, 1.54) is 0 Å². The molecule has 0 saturated carbocycles. The summed E-state index contributed by atoms with van der Waals surface area (Å²) in [6, 6.07) is 14.3. The fraction of sp³-hybridized carbons (Fsp3) is 0.316. The molecule has 2 aromatic rings. The zero-order valence-corrected chi connectivity index (χ0v) is 16.1. The van der Waals surface area contributed by atoms with Crippen molar-refractivity contribution >= 4 is 38.7 Å². The van der Waals surface area contributed by atoms with Crippen LogP contribution in [-0.2, 0) is 14.6 Å². The lowest BCUT2D eigenvalue weighted by molar-refractivity contribution is -0.117. The Morgan fingerprint density at radius 1 is 1.19 bits per heavy atom. The normalized spacial score (nSPS) is 18.5. The highest BCUT2D eigenvalue weighted by atomic mass is 35.5. The van der Waals surface area contributed by atoms with Gasteiger partial charge in [-0.3, -0.25) is 4.79 Å². The molecule has 0 unspecified atom stereocenters. The van der Waals surface area contributed by atoms with Crippen molar-refractivity contribution in [3.8, 4) is 0 Å². The lowest BCUT2D eigenvalue weighted by atomic mass is 10.1. The third-order valence-electron chi connectivity index (χ3n) is 4.57. The van der Waals surface area contributed by atoms with Crippen molar-refractivity contribution in [1.82, 2.24) is 0 Å². The Balaban J connectivity index is 1.80. The highest BCUT2D eigenvalue weighted by Crippen LogP contribution is 2.26. The smallest absolute Gasteiger partial charge is 0.246 e. The molecular formula is C19H21ClN2O3S. The van der Waals surface area contributed by atoms with E-state index in [1.807, 2.05) is 49.4 Å². The average molecular weight is 393 g/mol. The van der Waals surface area contributed by atoms with Gasteiger partial charge in [0.25, 0.3) is 0 Å². The molecule has 0 spiro atoms. The summed E-state index contributed by atoms with van der Waals surface area (Å²) in [6.45, 7) is 1.94. The summed E-state index contributed by atoms with van der Waals surface area (Å²) in [7, 11) is -3.09. The molecule has 1 saturated heterocycles. The number of hydrogen-bond donors (Lipinski definition) is 1. The Kier molecular flexibility index (Phi) is 5.53. The first-order valence-electron chi connectivity index (χ1n) is 8.44. The van der Waals surface area contributed by atoms with Gasteiger partial charge in [0.05, 0.1) is 24.1 Å². The topological polar surface area (TPSA) is 66.5 Å². The first-order valence-corrected chi connectivity index (χ1v) is 10.6. The molecule has 2 aromatic carbocycles. The fourth-order valence-corrected chi connectivity index (χ4v) is 5.06. The molecule has 3 rings (SSSR count). The second-order valence-corrected chi connectivity index (χ2v) is 9.06. The lowest BCUT2D eigenvalue weighted by Crippen LogP contribution is -2.44. The lowest BCUT2D eigenvalue weighted by Gasteiger charge is -2.29. The van der Waals surface area contributed by atoms with E-state index in [4.69, 9.17) is 11.6 Å². The van der Waals surface area contributed by atoms with Crippen LogP contribution in [0.3, 0.4) is 0 Å². The van der Waals surface area contributed by atoms with E-state index in [9.17, 15) is 13.2 Å². The minimum absolute atomic E-state index is 0.00380. The van der Waals surface area contributed by atoms with Crippen molar-refractivity contribution in [2.24, 2.45) is 0 Å². The predicted octanol–water partition coefficient (Wildman–Crippen LogP) is 3.28. The molecule has 138 valence electrons. The largest absolute Gasteiger partial charge is 0.376 e. The van der Waals surface area contributed by atoms with Gasteiger partial charge in [-0.2, -0.15) is 0 Å². The molecule has 1 aliphatic rings. The van der Waals surface area contributed by atoms with Crippen molar-refractivity contribution in [1.29, 1.82) is 0 Å². The Bertz CT molecular complexity index is 900. The number of nitrogens with one attached hydrogen (secondary N) is 1. The van der Waals surface area contributed by atoms with Crippen LogP contribution in [0.1, 0.15) is 12.0 Å². The standard InChI is InChI=1S/C19H21ClN2O3S/c1-14-17(20)8-5-9-18(14)21-12-19(23)22(15-6-3-2-4-7-15)16-10-11-26(24,25)13-16/h2-9,16,21H,10-13H2,1H3/t16-/m0/s1. The zero-order valence-electron chi connectivity index (χ0n) is 14.5. The monoisotopic (exact) mass is 392 g/mol. The molecule has 1 N–H and O–H groups in total. The van der Waals surface area contributed by atoms with E-state index in [0.717, 1.165) is 11.3 Å². The molecule has 1 aliphatic heterocycles. The number of anilines is 2. The van der Waals surface area contributed by atoms with Gasteiger partial charge >= 0.3 is 0 Å². The Labute approximate surface area is 158 Å². The van der Waals surface area contributed by atoms with Crippen LogP contribution in [-0.4, -0.2) is 38.4 Å². The summed E-state index contributed by atoms with van der Waals surface area (Å²) in [4.78, 5) is 14.6. The Morgan fingerprint density at radius 3 is 2.58 bits per heavy atom. The summed E-state index contributed by atoms with van der Waals surface area (Å²) < 4.78 is 23.8. The van der Waals surface area contributed by atoms with E-state index in [-0.39, 0.29) is 30.0 Å².